The van der Waals surface area contributed by atoms with Crippen LogP contribution in [0, 0.1) is 0 Å². The van der Waals surface area contributed by atoms with Crippen LogP contribution in [0.2, 0.25) is 0 Å². The Balaban J connectivity index is 0.964. The number of hydrogen-bond donors (Lipinski definition) is 0. The third-order valence-electron chi connectivity index (χ3n) is 15.4. The Bertz CT molecular complexity index is 4130. The van der Waals surface area contributed by atoms with Gasteiger partial charge in [-0.3, -0.25) is 0 Å². The van der Waals surface area contributed by atoms with Gasteiger partial charge in [-0.1, -0.05) is 185 Å². The Morgan fingerprint density at radius 1 is 0.297 bits per heavy atom. The summed E-state index contributed by atoms with van der Waals surface area (Å²) >= 11 is 3.77. The molecule has 354 valence electrons. The van der Waals surface area contributed by atoms with E-state index < -0.39 is 0 Å². The van der Waals surface area contributed by atoms with E-state index in [1.807, 2.05) is 22.7 Å². The largest absolute Gasteiger partial charge is 0.310 e. The van der Waals surface area contributed by atoms with Gasteiger partial charge in [0.15, 0.2) is 0 Å². The lowest BCUT2D eigenvalue weighted by molar-refractivity contribution is 0.875. The topological polar surface area (TPSA) is 6.48 Å². The molecule has 2 aromatic heterocycles. The highest BCUT2D eigenvalue weighted by atomic mass is 32.1. The summed E-state index contributed by atoms with van der Waals surface area (Å²) in [6.45, 7) is 9.39. The maximum Gasteiger partial charge on any atom is 0.0543 e. The summed E-state index contributed by atoms with van der Waals surface area (Å²) in [6.07, 6.45) is 0. The smallest absolute Gasteiger partial charge is 0.0543 e. The van der Waals surface area contributed by atoms with E-state index >= 15 is 0 Å². The van der Waals surface area contributed by atoms with E-state index in [0.29, 0.717) is 0 Å². The molecule has 0 aliphatic carbocycles. The van der Waals surface area contributed by atoms with Gasteiger partial charge in [0.2, 0.25) is 0 Å². The molecule has 12 aromatic carbocycles. The van der Waals surface area contributed by atoms with Crippen LogP contribution in [0.1, 0.15) is 50.7 Å². The summed E-state index contributed by atoms with van der Waals surface area (Å²) in [5.41, 5.74) is 14.5. The molecule has 0 radical (unpaired) electrons. The molecular weight excluding hydrogens is 933 g/mol. The summed E-state index contributed by atoms with van der Waals surface area (Å²) in [4.78, 5) is 4.98. The van der Waals surface area contributed by atoms with Crippen LogP contribution < -0.4 is 9.80 Å². The zero-order valence-corrected chi connectivity index (χ0v) is 43.4. The molecule has 0 bridgehead atoms. The predicted octanol–water partition coefficient (Wildman–Crippen LogP) is 21.8. The van der Waals surface area contributed by atoms with Gasteiger partial charge in [0, 0.05) is 73.9 Å². The van der Waals surface area contributed by atoms with E-state index in [9.17, 15) is 0 Å². The van der Waals surface area contributed by atoms with Crippen LogP contribution in [0.5, 0.6) is 0 Å². The Labute approximate surface area is 440 Å². The molecule has 0 spiro atoms. The minimum atomic E-state index is 0.280. The van der Waals surface area contributed by atoms with Gasteiger partial charge in [-0.2, -0.15) is 0 Å². The Morgan fingerprint density at radius 3 is 1.05 bits per heavy atom. The van der Waals surface area contributed by atoms with E-state index in [1.54, 1.807) is 0 Å². The lowest BCUT2D eigenvalue weighted by Crippen LogP contribution is -2.13. The first-order valence-electron chi connectivity index (χ1n) is 25.9. The second-order valence-electron chi connectivity index (χ2n) is 20.3. The second kappa shape index (κ2) is 17.7. The third kappa shape index (κ3) is 7.11. The van der Waals surface area contributed by atoms with Crippen LogP contribution in [0.3, 0.4) is 0 Å². The van der Waals surface area contributed by atoms with Crippen LogP contribution in [-0.4, -0.2) is 0 Å². The summed E-state index contributed by atoms with van der Waals surface area (Å²) in [7, 11) is 0. The summed E-state index contributed by atoms with van der Waals surface area (Å²) < 4.78 is 5.31. The molecule has 0 saturated carbocycles. The molecular formula is C70H52N2S2. The van der Waals surface area contributed by atoms with Crippen molar-refractivity contribution in [3.05, 3.63) is 242 Å². The van der Waals surface area contributed by atoms with E-state index in [1.165, 1.54) is 117 Å². The van der Waals surface area contributed by atoms with Crippen molar-refractivity contribution < 1.29 is 0 Å². The maximum atomic E-state index is 2.49. The van der Waals surface area contributed by atoms with Crippen molar-refractivity contribution in [3.63, 3.8) is 0 Å². The van der Waals surface area contributed by atoms with Crippen LogP contribution in [-0.2, 0) is 0 Å². The minimum absolute atomic E-state index is 0.280. The molecule has 0 N–H and O–H groups in total. The van der Waals surface area contributed by atoms with Gasteiger partial charge in [-0.15, -0.1) is 22.7 Å². The highest BCUT2D eigenvalue weighted by Crippen LogP contribution is 2.52. The number of nitrogens with zero attached hydrogens (tertiary/aromatic N) is 2. The molecule has 4 heteroatoms. The lowest BCUT2D eigenvalue weighted by Gasteiger charge is -2.31. The molecule has 74 heavy (non-hydrogen) atoms. The fraction of sp³-hybridized carbons (Fsp3) is 0.0857. The second-order valence-corrected chi connectivity index (χ2v) is 22.5. The monoisotopic (exact) mass is 984 g/mol. The molecule has 14 aromatic rings. The number of para-hydroxylation sites is 2. The molecule has 0 unspecified atom stereocenters. The van der Waals surface area contributed by atoms with E-state index in [2.05, 4.69) is 268 Å². The number of fused-ring (bicyclic) bond motifs is 6. The number of anilines is 6. The van der Waals surface area contributed by atoms with Gasteiger partial charge in [0.25, 0.3) is 0 Å². The number of rotatable bonds is 10. The average Bonchev–Trinajstić information content (AvgIpc) is 4.03. The quantitative estimate of drug-likeness (QED) is 0.126. The molecule has 14 rings (SSSR count). The van der Waals surface area contributed by atoms with E-state index in [4.69, 9.17) is 0 Å². The van der Waals surface area contributed by atoms with Crippen LogP contribution in [0.15, 0.2) is 231 Å². The van der Waals surface area contributed by atoms with Crippen LogP contribution in [0.4, 0.5) is 34.1 Å². The van der Waals surface area contributed by atoms with Gasteiger partial charge in [-0.05, 0) is 140 Å². The molecule has 0 amide bonds. The van der Waals surface area contributed by atoms with Crippen molar-refractivity contribution in [1.29, 1.82) is 0 Å². The highest BCUT2D eigenvalue weighted by Gasteiger charge is 2.26. The van der Waals surface area contributed by atoms with Crippen LogP contribution >= 0.6 is 22.7 Å². The molecule has 0 aliphatic rings. The van der Waals surface area contributed by atoms with Crippen molar-refractivity contribution in [2.24, 2.45) is 0 Å². The normalized spacial score (nSPS) is 12.0. The first-order chi connectivity index (χ1) is 36.4. The highest BCUT2D eigenvalue weighted by molar-refractivity contribution is 7.26. The van der Waals surface area contributed by atoms with Crippen LogP contribution in [0.25, 0.3) is 94.9 Å². The molecule has 0 atom stereocenters. The summed E-state index contributed by atoms with van der Waals surface area (Å²) in [5, 5.41) is 13.0. The predicted molar refractivity (Wildman–Crippen MR) is 324 cm³/mol. The first kappa shape index (κ1) is 44.4. The Morgan fingerprint density at radius 2 is 0.649 bits per heavy atom. The zero-order chi connectivity index (χ0) is 49.6. The first-order valence-corrected chi connectivity index (χ1v) is 27.5. The fourth-order valence-electron chi connectivity index (χ4n) is 11.9. The zero-order valence-electron chi connectivity index (χ0n) is 41.8. The summed E-state index contributed by atoms with van der Waals surface area (Å²) in [5.74, 6) is 0.559. The molecule has 2 heterocycles. The number of benzene rings is 12. The van der Waals surface area contributed by atoms with Crippen molar-refractivity contribution in [1.82, 2.24) is 0 Å². The molecule has 0 saturated heterocycles. The van der Waals surface area contributed by atoms with Crippen molar-refractivity contribution in [2.45, 2.75) is 39.5 Å². The number of thiophene rings is 2. The molecule has 2 nitrogen and oxygen atoms in total. The standard InChI is InChI=1S/C70H52N2S2/c1-43(2)61-41-63(71(47-17-7-5-8-18-47)49-33-29-45(30-34-49)51-23-15-25-57-53-21-11-13-27-65(53)73-69(51)57)59-40-38-56-62(44(3)4)42-64(60-39-37-55(61)67(59)68(56)60)72(48-19-9-6-10-20-48)50-35-31-46(32-36-50)52-24-16-26-58-54-22-12-14-28-66(54)74-70(52)58/h5-44H,1-4H3. The van der Waals surface area contributed by atoms with Gasteiger partial charge < -0.3 is 9.80 Å². The van der Waals surface area contributed by atoms with Crippen molar-refractivity contribution >= 4 is 129 Å². The van der Waals surface area contributed by atoms with Gasteiger partial charge >= 0.3 is 0 Å². The van der Waals surface area contributed by atoms with Crippen molar-refractivity contribution in [3.8, 4) is 22.3 Å². The number of hydrogen-bond acceptors (Lipinski definition) is 4. The molecule has 0 fully saturated rings. The van der Waals surface area contributed by atoms with Gasteiger partial charge in [0.05, 0.1) is 11.4 Å². The SMILES string of the molecule is CC(C)c1cc(N(c2ccccc2)c2ccc(-c3cccc4c3sc3ccccc34)cc2)c2ccc3c(C(C)C)cc(N(c4ccccc4)c4ccc(-c5cccc6c5sc5ccccc56)cc4)c4ccc1c2c34. The van der Waals surface area contributed by atoms with E-state index in [0.717, 1.165) is 22.7 Å². The lowest BCUT2D eigenvalue weighted by atomic mass is 9.84. The molecule has 0 aliphatic heterocycles. The van der Waals surface area contributed by atoms with Crippen molar-refractivity contribution in [2.75, 3.05) is 9.80 Å². The third-order valence-corrected chi connectivity index (χ3v) is 17.8. The van der Waals surface area contributed by atoms with Gasteiger partial charge in [-0.25, -0.2) is 0 Å². The Kier molecular flexibility index (Phi) is 10.6. The average molecular weight is 985 g/mol. The Hall–Kier alpha value is -8.28. The minimum Gasteiger partial charge on any atom is -0.310 e. The van der Waals surface area contributed by atoms with E-state index in [-0.39, 0.29) is 11.8 Å². The fourth-order valence-corrected chi connectivity index (χ4v) is 14.3. The van der Waals surface area contributed by atoms with Gasteiger partial charge in [0.1, 0.15) is 0 Å². The summed E-state index contributed by atoms with van der Waals surface area (Å²) in [6, 6.07) is 86.1. The maximum absolute atomic E-state index is 2.49.